The van der Waals surface area contributed by atoms with Gasteiger partial charge in [0.25, 0.3) is 0 Å². The quantitative estimate of drug-likeness (QED) is 0.113. The molecule has 0 unspecified atom stereocenters. The van der Waals surface area contributed by atoms with Crippen molar-refractivity contribution in [3.63, 3.8) is 0 Å². The van der Waals surface area contributed by atoms with Gasteiger partial charge in [-0.25, -0.2) is 0 Å². The van der Waals surface area contributed by atoms with Crippen molar-refractivity contribution in [3.8, 4) is 0 Å². The summed E-state index contributed by atoms with van der Waals surface area (Å²) < 4.78 is 29.8. The highest BCUT2D eigenvalue weighted by atomic mass is 28.4. The Labute approximate surface area is 234 Å². The van der Waals surface area contributed by atoms with Crippen LogP contribution in [0, 0.1) is 0 Å². The maximum Gasteiger partial charge on any atom is 0.681 e. The van der Waals surface area contributed by atoms with E-state index in [4.69, 9.17) is 17.7 Å². The van der Waals surface area contributed by atoms with Gasteiger partial charge in [-0.3, -0.25) is 0 Å². The van der Waals surface area contributed by atoms with Crippen molar-refractivity contribution in [2.45, 2.75) is 208 Å². The predicted molar refractivity (Wildman–Crippen MR) is 163 cm³/mol. The third-order valence-electron chi connectivity index (χ3n) is 9.34. The van der Waals surface area contributed by atoms with Crippen LogP contribution in [-0.4, -0.2) is 31.5 Å². The van der Waals surface area contributed by atoms with Crippen molar-refractivity contribution < 1.29 is 17.7 Å². The molecule has 0 spiro atoms. The van der Waals surface area contributed by atoms with Crippen LogP contribution in [0.2, 0.25) is 0 Å². The second-order valence-corrected chi connectivity index (χ2v) is 13.3. The van der Waals surface area contributed by atoms with Crippen LogP contribution < -0.4 is 0 Å². The van der Waals surface area contributed by atoms with E-state index in [-0.39, 0.29) is 22.4 Å². The lowest BCUT2D eigenvalue weighted by Gasteiger charge is -2.51. The molecule has 0 aliphatic heterocycles. The van der Waals surface area contributed by atoms with E-state index in [2.05, 4.69) is 83.1 Å². The van der Waals surface area contributed by atoms with Gasteiger partial charge in [-0.15, -0.1) is 0 Å². The van der Waals surface area contributed by atoms with Crippen LogP contribution in [0.3, 0.4) is 0 Å². The molecule has 0 radical (unpaired) electrons. The minimum atomic E-state index is -3.65. The third-order valence-corrected chi connectivity index (χ3v) is 12.1. The van der Waals surface area contributed by atoms with Gasteiger partial charge >= 0.3 is 9.05 Å². The van der Waals surface area contributed by atoms with Gasteiger partial charge in [0.15, 0.2) is 0 Å². The minimum absolute atomic E-state index is 0.306. The van der Waals surface area contributed by atoms with Crippen LogP contribution in [0.4, 0.5) is 0 Å². The molecule has 0 fully saturated rings. The molecular weight excluding hydrogens is 476 g/mol. The first-order valence-corrected chi connectivity index (χ1v) is 18.0. The average Bonchev–Trinajstić information content (AvgIpc) is 2.91. The van der Waals surface area contributed by atoms with Crippen LogP contribution in [0.5, 0.6) is 0 Å². The topological polar surface area (TPSA) is 36.9 Å². The molecule has 0 saturated heterocycles. The van der Waals surface area contributed by atoms with Crippen molar-refractivity contribution >= 4 is 9.05 Å². The van der Waals surface area contributed by atoms with Gasteiger partial charge in [0.2, 0.25) is 0 Å². The zero-order valence-electron chi connectivity index (χ0n) is 27.4. The second-order valence-electron chi connectivity index (χ2n) is 11.5. The zero-order valence-corrected chi connectivity index (χ0v) is 28.4. The summed E-state index contributed by atoms with van der Waals surface area (Å²) in [5.74, 6) is 0. The molecule has 4 nitrogen and oxygen atoms in total. The van der Waals surface area contributed by atoms with E-state index in [1.165, 1.54) is 0 Å². The van der Waals surface area contributed by atoms with E-state index in [9.17, 15) is 0 Å². The number of hydrogen-bond donors (Lipinski definition) is 0. The lowest BCUT2D eigenvalue weighted by molar-refractivity contribution is -0.197. The third kappa shape index (κ3) is 10.2. The Bertz CT molecular complexity index is 462. The maximum atomic E-state index is 7.45. The summed E-state index contributed by atoms with van der Waals surface area (Å²) in [7, 11) is -3.65. The molecular formula is C32H68O4Si. The Kier molecular flexibility index (Phi) is 17.7. The van der Waals surface area contributed by atoms with Crippen LogP contribution in [0.15, 0.2) is 0 Å². The Morgan fingerprint density at radius 1 is 0.324 bits per heavy atom. The molecule has 0 aromatic carbocycles. The van der Waals surface area contributed by atoms with Crippen molar-refractivity contribution in [1.82, 2.24) is 0 Å². The molecule has 5 heteroatoms. The summed E-state index contributed by atoms with van der Waals surface area (Å²) in [5, 5.41) is 0. The fraction of sp³-hybridized carbons (Fsp3) is 1.00. The first-order valence-electron chi connectivity index (χ1n) is 16.4. The molecule has 0 aliphatic carbocycles. The molecule has 0 saturated carbocycles. The predicted octanol–water partition coefficient (Wildman–Crippen LogP) is 10.9. The monoisotopic (exact) mass is 544 g/mol. The molecule has 0 aromatic heterocycles. The molecule has 0 aliphatic rings. The summed E-state index contributed by atoms with van der Waals surface area (Å²) in [4.78, 5) is 0. The van der Waals surface area contributed by atoms with Gasteiger partial charge < -0.3 is 17.7 Å². The van der Waals surface area contributed by atoms with Crippen LogP contribution in [0.1, 0.15) is 186 Å². The highest BCUT2D eigenvalue weighted by molar-refractivity contribution is 6.54. The van der Waals surface area contributed by atoms with Gasteiger partial charge in [-0.1, -0.05) is 109 Å². The zero-order chi connectivity index (χ0) is 28.6. The van der Waals surface area contributed by atoms with Gasteiger partial charge in [0.1, 0.15) is 0 Å². The highest BCUT2D eigenvalue weighted by Gasteiger charge is 2.61. The largest absolute Gasteiger partial charge is 0.681 e. The van der Waals surface area contributed by atoms with E-state index in [0.717, 1.165) is 103 Å². The van der Waals surface area contributed by atoms with Gasteiger partial charge in [0, 0.05) is 0 Å². The molecule has 0 aromatic rings. The van der Waals surface area contributed by atoms with Gasteiger partial charge in [-0.05, 0) is 77.0 Å². The lowest BCUT2D eigenvalue weighted by atomic mass is 9.92. The van der Waals surface area contributed by atoms with E-state index < -0.39 is 9.05 Å². The van der Waals surface area contributed by atoms with Crippen LogP contribution >= 0.6 is 0 Å². The van der Waals surface area contributed by atoms with Gasteiger partial charge in [0.05, 0.1) is 22.4 Å². The summed E-state index contributed by atoms with van der Waals surface area (Å²) >= 11 is 0. The Balaban J connectivity index is 7.38. The SMILES string of the molecule is CCCC(CC)(CC)O[Si](OC(CC)(CC)CCC)(OC(CC)(CC)CCC)OC(CC)(CC)CCC. The summed E-state index contributed by atoms with van der Waals surface area (Å²) in [6, 6.07) is 0. The molecule has 224 valence electrons. The molecule has 0 atom stereocenters. The van der Waals surface area contributed by atoms with Crippen molar-refractivity contribution in [1.29, 1.82) is 0 Å². The lowest BCUT2D eigenvalue weighted by Crippen LogP contribution is -2.65. The summed E-state index contributed by atoms with van der Waals surface area (Å²) in [6.07, 6.45) is 15.7. The molecule has 0 N–H and O–H groups in total. The van der Waals surface area contributed by atoms with E-state index in [0.29, 0.717) is 0 Å². The smallest absolute Gasteiger partial charge is 0.345 e. The summed E-state index contributed by atoms with van der Waals surface area (Å²) in [6.45, 7) is 27.1. The van der Waals surface area contributed by atoms with Crippen LogP contribution in [-0.2, 0) is 17.7 Å². The standard InChI is InChI=1S/C32H68O4Si/c1-13-25-29(17-5,18-6)33-37(34-30(19-7,20-8)26-14-2,35-31(21-9,22-10)27-15-3)36-32(23-11,24-12)28-16-4/h13-28H2,1-12H3. The molecule has 0 amide bonds. The minimum Gasteiger partial charge on any atom is -0.345 e. The normalized spacial score (nSPS) is 13.9. The van der Waals surface area contributed by atoms with Crippen molar-refractivity contribution in [2.24, 2.45) is 0 Å². The Morgan fingerprint density at radius 2 is 0.486 bits per heavy atom. The van der Waals surface area contributed by atoms with Crippen LogP contribution in [0.25, 0.3) is 0 Å². The average molecular weight is 545 g/mol. The molecule has 37 heavy (non-hydrogen) atoms. The van der Waals surface area contributed by atoms with E-state index in [1.54, 1.807) is 0 Å². The number of hydrogen-bond acceptors (Lipinski definition) is 4. The Hall–Kier alpha value is 0.0569. The van der Waals surface area contributed by atoms with Crippen molar-refractivity contribution in [2.75, 3.05) is 0 Å². The first-order chi connectivity index (χ1) is 17.6. The van der Waals surface area contributed by atoms with E-state index in [1.807, 2.05) is 0 Å². The second kappa shape index (κ2) is 17.7. The highest BCUT2D eigenvalue weighted by Crippen LogP contribution is 2.44. The summed E-state index contributed by atoms with van der Waals surface area (Å²) in [5.41, 5.74) is -1.23. The fourth-order valence-corrected chi connectivity index (χ4v) is 10.1. The molecule has 0 rings (SSSR count). The maximum absolute atomic E-state index is 7.45. The van der Waals surface area contributed by atoms with E-state index >= 15 is 0 Å². The van der Waals surface area contributed by atoms with Crippen molar-refractivity contribution in [3.05, 3.63) is 0 Å². The number of rotatable bonds is 24. The Morgan fingerprint density at radius 3 is 0.595 bits per heavy atom. The molecule has 0 heterocycles. The first kappa shape index (κ1) is 37.1. The molecule has 0 bridgehead atoms. The van der Waals surface area contributed by atoms with Gasteiger partial charge in [-0.2, -0.15) is 0 Å². The fourth-order valence-electron chi connectivity index (χ4n) is 6.20.